The van der Waals surface area contributed by atoms with E-state index >= 15 is 0 Å². The molecular weight excluding hydrogens is 318 g/mol. The molecule has 1 unspecified atom stereocenters. The number of hydrogen-bond donors (Lipinski definition) is 1. The molecule has 1 amide bonds. The van der Waals surface area contributed by atoms with Gasteiger partial charge in [-0.05, 0) is 31.5 Å². The zero-order chi connectivity index (χ0) is 17.8. The van der Waals surface area contributed by atoms with E-state index < -0.39 is 0 Å². The van der Waals surface area contributed by atoms with E-state index in [1.54, 1.807) is 25.3 Å². The Bertz CT molecular complexity index is 641. The minimum absolute atomic E-state index is 0.00343. The number of nitrogens with zero attached hydrogens (tertiary/aromatic N) is 2. The molecule has 1 atom stereocenters. The third-order valence-corrected chi connectivity index (χ3v) is 5.21. The van der Waals surface area contributed by atoms with Gasteiger partial charge in [0.2, 0.25) is 5.91 Å². The maximum Gasteiger partial charge on any atom is 0.227 e. The highest BCUT2D eigenvalue weighted by Gasteiger charge is 2.31. The lowest BCUT2D eigenvalue weighted by Crippen LogP contribution is -2.49. The fourth-order valence-electron chi connectivity index (χ4n) is 3.72. The standard InChI is InChI=1S/C19H27N3O3/c1-14(23)15-3-4-18(25-2)16(11-15)12-19(24)22-8-5-17(13-22)21-9-6-20-7-10-21/h3-4,11,17,20H,5-10,12-13H2,1-2H3. The number of benzene rings is 1. The van der Waals surface area contributed by atoms with Crippen molar-refractivity contribution in [1.29, 1.82) is 0 Å². The van der Waals surface area contributed by atoms with Gasteiger partial charge in [-0.25, -0.2) is 0 Å². The number of ketones is 1. The van der Waals surface area contributed by atoms with Gasteiger partial charge in [0, 0.05) is 56.4 Å². The molecule has 1 aromatic carbocycles. The topological polar surface area (TPSA) is 61.9 Å². The molecule has 25 heavy (non-hydrogen) atoms. The molecule has 0 saturated carbocycles. The minimum atomic E-state index is -0.00343. The first-order chi connectivity index (χ1) is 12.1. The molecule has 6 heteroatoms. The van der Waals surface area contributed by atoms with Gasteiger partial charge in [0.1, 0.15) is 5.75 Å². The quantitative estimate of drug-likeness (QED) is 0.805. The molecule has 2 saturated heterocycles. The van der Waals surface area contributed by atoms with E-state index in [0.717, 1.165) is 51.3 Å². The van der Waals surface area contributed by atoms with E-state index in [0.29, 0.717) is 17.4 Å². The van der Waals surface area contributed by atoms with Crippen molar-refractivity contribution in [1.82, 2.24) is 15.1 Å². The fraction of sp³-hybridized carbons (Fsp3) is 0.579. The molecule has 0 aliphatic carbocycles. The summed E-state index contributed by atoms with van der Waals surface area (Å²) < 4.78 is 5.36. The Morgan fingerprint density at radius 1 is 1.24 bits per heavy atom. The molecule has 0 aromatic heterocycles. The number of amides is 1. The average molecular weight is 345 g/mol. The number of likely N-dealkylation sites (tertiary alicyclic amines) is 1. The molecule has 0 spiro atoms. The highest BCUT2D eigenvalue weighted by molar-refractivity contribution is 5.94. The number of ether oxygens (including phenoxy) is 1. The summed E-state index contributed by atoms with van der Waals surface area (Å²) in [6, 6.07) is 5.76. The molecule has 3 rings (SSSR count). The highest BCUT2D eigenvalue weighted by Crippen LogP contribution is 2.23. The summed E-state index contributed by atoms with van der Waals surface area (Å²) >= 11 is 0. The number of piperazine rings is 1. The van der Waals surface area contributed by atoms with Crippen molar-refractivity contribution in [2.75, 3.05) is 46.4 Å². The number of Topliss-reactive ketones (excluding diaryl/α,β-unsaturated/α-hetero) is 1. The van der Waals surface area contributed by atoms with Gasteiger partial charge in [-0.3, -0.25) is 14.5 Å². The molecule has 0 radical (unpaired) electrons. The summed E-state index contributed by atoms with van der Waals surface area (Å²) in [5, 5.41) is 3.37. The maximum atomic E-state index is 12.7. The lowest BCUT2D eigenvalue weighted by Gasteiger charge is -2.32. The van der Waals surface area contributed by atoms with E-state index in [1.807, 2.05) is 4.90 Å². The van der Waals surface area contributed by atoms with Gasteiger partial charge in [0.25, 0.3) is 0 Å². The zero-order valence-corrected chi connectivity index (χ0v) is 15.1. The van der Waals surface area contributed by atoms with Crippen molar-refractivity contribution in [2.45, 2.75) is 25.8 Å². The average Bonchev–Trinajstić information content (AvgIpc) is 3.12. The number of carbonyl (C=O) groups excluding carboxylic acids is 2. The Balaban J connectivity index is 1.64. The van der Waals surface area contributed by atoms with Gasteiger partial charge >= 0.3 is 0 Å². The molecular formula is C19H27N3O3. The number of hydrogen-bond acceptors (Lipinski definition) is 5. The largest absolute Gasteiger partial charge is 0.496 e. The Morgan fingerprint density at radius 3 is 2.68 bits per heavy atom. The second kappa shape index (κ2) is 7.97. The van der Waals surface area contributed by atoms with E-state index in [-0.39, 0.29) is 18.1 Å². The molecule has 1 N–H and O–H groups in total. The molecule has 2 heterocycles. The monoisotopic (exact) mass is 345 g/mol. The normalized spacial score (nSPS) is 21.4. The zero-order valence-electron chi connectivity index (χ0n) is 15.1. The smallest absolute Gasteiger partial charge is 0.227 e. The minimum Gasteiger partial charge on any atom is -0.496 e. The van der Waals surface area contributed by atoms with Crippen molar-refractivity contribution < 1.29 is 14.3 Å². The summed E-state index contributed by atoms with van der Waals surface area (Å²) in [6.07, 6.45) is 1.31. The maximum absolute atomic E-state index is 12.7. The van der Waals surface area contributed by atoms with Gasteiger partial charge in [0.15, 0.2) is 5.78 Å². The fourth-order valence-corrected chi connectivity index (χ4v) is 3.72. The number of nitrogens with one attached hydrogen (secondary N) is 1. The predicted molar refractivity (Wildman–Crippen MR) is 96.1 cm³/mol. The van der Waals surface area contributed by atoms with E-state index in [2.05, 4.69) is 10.2 Å². The highest BCUT2D eigenvalue weighted by atomic mass is 16.5. The van der Waals surface area contributed by atoms with Crippen LogP contribution in [-0.4, -0.2) is 73.9 Å². The van der Waals surface area contributed by atoms with Gasteiger partial charge < -0.3 is 15.0 Å². The van der Waals surface area contributed by atoms with Crippen molar-refractivity contribution in [3.8, 4) is 5.75 Å². The summed E-state index contributed by atoms with van der Waals surface area (Å²) in [6.45, 7) is 7.31. The lowest BCUT2D eigenvalue weighted by molar-refractivity contribution is -0.129. The molecule has 2 aliphatic heterocycles. The van der Waals surface area contributed by atoms with Crippen LogP contribution in [0.2, 0.25) is 0 Å². The summed E-state index contributed by atoms with van der Waals surface area (Å²) in [5.41, 5.74) is 1.40. The first-order valence-corrected chi connectivity index (χ1v) is 8.99. The van der Waals surface area contributed by atoms with Crippen molar-refractivity contribution in [2.24, 2.45) is 0 Å². The third-order valence-electron chi connectivity index (χ3n) is 5.21. The lowest BCUT2D eigenvalue weighted by atomic mass is 10.0. The first kappa shape index (κ1) is 17.9. The molecule has 2 fully saturated rings. The first-order valence-electron chi connectivity index (χ1n) is 8.99. The second-order valence-corrected chi connectivity index (χ2v) is 6.83. The van der Waals surface area contributed by atoms with Crippen LogP contribution < -0.4 is 10.1 Å². The Hall–Kier alpha value is -1.92. The number of methoxy groups -OCH3 is 1. The molecule has 2 aliphatic rings. The van der Waals surface area contributed by atoms with Crippen LogP contribution in [0.25, 0.3) is 0 Å². The third kappa shape index (κ3) is 4.19. The van der Waals surface area contributed by atoms with Crippen molar-refractivity contribution in [3.63, 3.8) is 0 Å². The van der Waals surface area contributed by atoms with E-state index in [9.17, 15) is 9.59 Å². The Morgan fingerprint density at radius 2 is 2.00 bits per heavy atom. The van der Waals surface area contributed by atoms with Gasteiger partial charge in [0.05, 0.1) is 13.5 Å². The van der Waals surface area contributed by atoms with Crippen LogP contribution in [0.3, 0.4) is 0 Å². The van der Waals surface area contributed by atoms with Crippen LogP contribution in [0, 0.1) is 0 Å². The van der Waals surface area contributed by atoms with Gasteiger partial charge in [-0.15, -0.1) is 0 Å². The van der Waals surface area contributed by atoms with E-state index in [4.69, 9.17) is 4.74 Å². The summed E-state index contributed by atoms with van der Waals surface area (Å²) in [5.74, 6) is 0.768. The molecule has 0 bridgehead atoms. The Kier molecular flexibility index (Phi) is 5.71. The SMILES string of the molecule is COc1ccc(C(C)=O)cc1CC(=O)N1CCC(N2CCNCC2)C1. The van der Waals surface area contributed by atoms with Crippen LogP contribution in [0.15, 0.2) is 18.2 Å². The summed E-state index contributed by atoms with van der Waals surface area (Å²) in [7, 11) is 1.59. The van der Waals surface area contributed by atoms with Crippen molar-refractivity contribution >= 4 is 11.7 Å². The summed E-state index contributed by atoms with van der Waals surface area (Å²) in [4.78, 5) is 28.8. The molecule has 136 valence electrons. The molecule has 1 aromatic rings. The Labute approximate surface area is 149 Å². The van der Waals surface area contributed by atoms with Crippen LogP contribution in [0.4, 0.5) is 0 Å². The van der Waals surface area contributed by atoms with Gasteiger partial charge in [-0.2, -0.15) is 0 Å². The van der Waals surface area contributed by atoms with Crippen LogP contribution >= 0.6 is 0 Å². The number of rotatable bonds is 5. The molecule has 6 nitrogen and oxygen atoms in total. The van der Waals surface area contributed by atoms with Crippen LogP contribution in [-0.2, 0) is 11.2 Å². The van der Waals surface area contributed by atoms with Crippen molar-refractivity contribution in [3.05, 3.63) is 29.3 Å². The van der Waals surface area contributed by atoms with Crippen LogP contribution in [0.1, 0.15) is 29.3 Å². The van der Waals surface area contributed by atoms with E-state index in [1.165, 1.54) is 6.92 Å². The van der Waals surface area contributed by atoms with Gasteiger partial charge in [-0.1, -0.05) is 0 Å². The predicted octanol–water partition coefficient (Wildman–Crippen LogP) is 0.946. The van der Waals surface area contributed by atoms with Crippen LogP contribution in [0.5, 0.6) is 5.75 Å². The number of carbonyl (C=O) groups is 2. The second-order valence-electron chi connectivity index (χ2n) is 6.83.